The molecule has 0 bridgehead atoms. The summed E-state index contributed by atoms with van der Waals surface area (Å²) in [7, 11) is 0. The van der Waals surface area contributed by atoms with Crippen molar-refractivity contribution in [2.45, 2.75) is 12.3 Å². The largest absolute Gasteiger partial charge is 0.291 e. The summed E-state index contributed by atoms with van der Waals surface area (Å²) >= 11 is 0. The Balaban J connectivity index is 1.66. The average Bonchev–Trinajstić information content (AvgIpc) is 3.16. The maximum Gasteiger partial charge on any atom is 0.275 e. The average molecular weight is 445 g/mol. The molecule has 0 fully saturated rings. The van der Waals surface area contributed by atoms with Crippen molar-refractivity contribution in [2.24, 2.45) is 0 Å². The van der Waals surface area contributed by atoms with Crippen LogP contribution in [-0.2, 0) is 0 Å². The number of H-pyrrole nitrogens is 1. The summed E-state index contributed by atoms with van der Waals surface area (Å²) in [6.07, 6.45) is 2.32. The van der Waals surface area contributed by atoms with Crippen molar-refractivity contribution in [3.63, 3.8) is 0 Å². The number of halogens is 2. The molecule has 8 heteroatoms. The van der Waals surface area contributed by atoms with Crippen LogP contribution in [0.15, 0.2) is 77.6 Å². The molecule has 0 amide bonds. The lowest BCUT2D eigenvalue weighted by molar-refractivity contribution is -0.384. The third-order valence-corrected chi connectivity index (χ3v) is 5.85. The first kappa shape index (κ1) is 20.6. The lowest BCUT2D eigenvalue weighted by Crippen LogP contribution is -2.21. The molecule has 1 aromatic heterocycles. The summed E-state index contributed by atoms with van der Waals surface area (Å²) in [5.41, 5.74) is 3.68. The molecule has 1 heterocycles. The van der Waals surface area contributed by atoms with Crippen LogP contribution in [0.25, 0.3) is 17.3 Å². The number of allylic oxidation sites excluding steroid dienone is 1. The van der Waals surface area contributed by atoms with Gasteiger partial charge in [0.2, 0.25) is 0 Å². The molecule has 1 atom stereocenters. The number of hydrogen-bond donors (Lipinski definition) is 1. The summed E-state index contributed by atoms with van der Waals surface area (Å²) in [5.74, 6) is -1.07. The quantitative estimate of drug-likeness (QED) is 0.336. The molecule has 3 aromatic carbocycles. The molecule has 4 aromatic rings. The molecular formula is C25H17F2N3O3. The molecule has 0 saturated carbocycles. The first-order valence-electron chi connectivity index (χ1n) is 10.2. The van der Waals surface area contributed by atoms with Gasteiger partial charge in [0.15, 0.2) is 0 Å². The molecule has 0 aliphatic heterocycles. The predicted octanol–water partition coefficient (Wildman–Crippen LogP) is 5.43. The standard InChI is InChI=1S/C25H17F2N3O3/c26-18-5-1-15(2-6-18)17-13-22(16-3-7-19(27)8-4-16)24-23(14-17)28-29(25(24)31)20-9-11-21(12-10-20)30(32)33/h1-12,14,22,28H,13H2. The van der Waals surface area contributed by atoms with E-state index in [1.807, 2.05) is 6.08 Å². The molecule has 1 unspecified atom stereocenters. The predicted molar refractivity (Wildman–Crippen MR) is 120 cm³/mol. The molecule has 1 aliphatic carbocycles. The molecule has 0 saturated heterocycles. The summed E-state index contributed by atoms with van der Waals surface area (Å²) in [6, 6.07) is 17.8. The Morgan fingerprint density at radius 3 is 2.12 bits per heavy atom. The monoisotopic (exact) mass is 445 g/mol. The number of hydrogen-bond acceptors (Lipinski definition) is 3. The van der Waals surface area contributed by atoms with Crippen molar-refractivity contribution in [3.8, 4) is 5.69 Å². The molecule has 6 nitrogen and oxygen atoms in total. The minimum atomic E-state index is -0.505. The summed E-state index contributed by atoms with van der Waals surface area (Å²) in [6.45, 7) is 0. The van der Waals surface area contributed by atoms with Crippen molar-refractivity contribution in [1.82, 2.24) is 9.78 Å². The highest BCUT2D eigenvalue weighted by molar-refractivity contribution is 5.84. The van der Waals surface area contributed by atoms with Gasteiger partial charge in [-0.15, -0.1) is 0 Å². The van der Waals surface area contributed by atoms with E-state index in [2.05, 4.69) is 5.10 Å². The van der Waals surface area contributed by atoms with E-state index in [4.69, 9.17) is 0 Å². The number of aromatic amines is 1. The number of fused-ring (bicyclic) bond motifs is 1. The van der Waals surface area contributed by atoms with Gasteiger partial charge in [0.1, 0.15) is 11.6 Å². The van der Waals surface area contributed by atoms with E-state index in [-0.39, 0.29) is 28.8 Å². The first-order chi connectivity index (χ1) is 15.9. The van der Waals surface area contributed by atoms with E-state index in [1.54, 1.807) is 24.3 Å². The van der Waals surface area contributed by atoms with Gasteiger partial charge in [0.25, 0.3) is 11.2 Å². The van der Waals surface area contributed by atoms with Crippen LogP contribution in [0.2, 0.25) is 0 Å². The third-order valence-electron chi connectivity index (χ3n) is 5.85. The van der Waals surface area contributed by atoms with Gasteiger partial charge in [-0.05, 0) is 65.6 Å². The van der Waals surface area contributed by atoms with E-state index in [9.17, 15) is 23.7 Å². The summed E-state index contributed by atoms with van der Waals surface area (Å²) in [5, 5.41) is 14.1. The lowest BCUT2D eigenvalue weighted by Gasteiger charge is -2.23. The Morgan fingerprint density at radius 1 is 0.909 bits per heavy atom. The van der Waals surface area contributed by atoms with E-state index < -0.39 is 4.92 Å². The van der Waals surface area contributed by atoms with Crippen molar-refractivity contribution in [2.75, 3.05) is 0 Å². The molecule has 5 rings (SSSR count). The number of non-ortho nitro benzene ring substituents is 1. The summed E-state index contributed by atoms with van der Waals surface area (Å²) < 4.78 is 28.3. The van der Waals surface area contributed by atoms with Crippen molar-refractivity contribution in [1.29, 1.82) is 0 Å². The van der Waals surface area contributed by atoms with Gasteiger partial charge < -0.3 is 0 Å². The Kier molecular flexibility index (Phi) is 4.97. The van der Waals surface area contributed by atoms with Crippen LogP contribution in [-0.4, -0.2) is 14.7 Å². The molecule has 0 spiro atoms. The van der Waals surface area contributed by atoms with Gasteiger partial charge in [-0.2, -0.15) is 0 Å². The van der Waals surface area contributed by atoms with Gasteiger partial charge >= 0.3 is 0 Å². The number of benzene rings is 3. The molecule has 1 aliphatic rings. The molecule has 33 heavy (non-hydrogen) atoms. The van der Waals surface area contributed by atoms with Crippen molar-refractivity contribution >= 4 is 17.3 Å². The zero-order valence-electron chi connectivity index (χ0n) is 17.2. The SMILES string of the molecule is O=c1c2c([nH]n1-c1ccc([N+](=O)[O-])cc1)C=C(c1ccc(F)cc1)CC2c1ccc(F)cc1. The van der Waals surface area contributed by atoms with Gasteiger partial charge in [-0.1, -0.05) is 24.3 Å². The second-order valence-electron chi connectivity index (χ2n) is 7.84. The second-order valence-corrected chi connectivity index (χ2v) is 7.84. The number of nitrogens with one attached hydrogen (secondary N) is 1. The fourth-order valence-corrected chi connectivity index (χ4v) is 4.22. The van der Waals surface area contributed by atoms with Crippen LogP contribution in [0, 0.1) is 21.7 Å². The Bertz CT molecular complexity index is 1430. The maximum absolute atomic E-state index is 13.6. The molecule has 0 radical (unpaired) electrons. The number of nitrogens with zero attached hydrogens (tertiary/aromatic N) is 2. The number of rotatable bonds is 4. The molecule has 164 valence electrons. The van der Waals surface area contributed by atoms with Crippen LogP contribution in [0.5, 0.6) is 0 Å². The van der Waals surface area contributed by atoms with Crippen LogP contribution in [0.3, 0.4) is 0 Å². The van der Waals surface area contributed by atoms with E-state index in [0.717, 1.165) is 16.7 Å². The minimum absolute atomic E-state index is 0.0780. The number of aromatic nitrogens is 2. The van der Waals surface area contributed by atoms with Crippen LogP contribution < -0.4 is 5.56 Å². The van der Waals surface area contributed by atoms with E-state index in [1.165, 1.54) is 53.2 Å². The smallest absolute Gasteiger partial charge is 0.275 e. The highest BCUT2D eigenvalue weighted by Gasteiger charge is 2.29. The molecular weight excluding hydrogens is 428 g/mol. The normalized spacial score (nSPS) is 15.1. The fraction of sp³-hybridized carbons (Fsp3) is 0.0800. The Hall–Kier alpha value is -4.33. The van der Waals surface area contributed by atoms with Gasteiger partial charge in [0.05, 0.1) is 21.9 Å². The van der Waals surface area contributed by atoms with Gasteiger partial charge in [0, 0.05) is 18.1 Å². The topological polar surface area (TPSA) is 80.9 Å². The Labute approximate surface area is 186 Å². The van der Waals surface area contributed by atoms with Gasteiger partial charge in [-0.25, -0.2) is 13.5 Å². The first-order valence-corrected chi connectivity index (χ1v) is 10.2. The minimum Gasteiger partial charge on any atom is -0.291 e. The van der Waals surface area contributed by atoms with Gasteiger partial charge in [-0.3, -0.25) is 20.0 Å². The highest BCUT2D eigenvalue weighted by Crippen LogP contribution is 2.40. The fourth-order valence-electron chi connectivity index (χ4n) is 4.22. The summed E-state index contributed by atoms with van der Waals surface area (Å²) in [4.78, 5) is 23.9. The maximum atomic E-state index is 13.6. The van der Waals surface area contributed by atoms with Crippen LogP contribution >= 0.6 is 0 Å². The van der Waals surface area contributed by atoms with Crippen molar-refractivity contribution < 1.29 is 13.7 Å². The molecule has 1 N–H and O–H groups in total. The van der Waals surface area contributed by atoms with E-state index >= 15 is 0 Å². The number of nitro benzene ring substituents is 1. The van der Waals surface area contributed by atoms with E-state index in [0.29, 0.717) is 23.4 Å². The highest BCUT2D eigenvalue weighted by atomic mass is 19.1. The van der Waals surface area contributed by atoms with Crippen LogP contribution in [0.4, 0.5) is 14.5 Å². The number of nitro groups is 1. The van der Waals surface area contributed by atoms with Crippen LogP contribution in [0.1, 0.15) is 34.7 Å². The Morgan fingerprint density at radius 2 is 1.52 bits per heavy atom. The lowest BCUT2D eigenvalue weighted by atomic mass is 9.80. The third kappa shape index (κ3) is 3.76. The zero-order chi connectivity index (χ0) is 23.1. The zero-order valence-corrected chi connectivity index (χ0v) is 17.2. The van der Waals surface area contributed by atoms with Crippen molar-refractivity contribution in [3.05, 3.63) is 127 Å². The second kappa shape index (κ2) is 7.98.